The summed E-state index contributed by atoms with van der Waals surface area (Å²) in [4.78, 5) is -1.37. The van der Waals surface area contributed by atoms with Gasteiger partial charge in [0.2, 0.25) is 5.84 Å². The summed E-state index contributed by atoms with van der Waals surface area (Å²) in [5.74, 6) is -1.15. The third-order valence-corrected chi connectivity index (χ3v) is 4.56. The van der Waals surface area contributed by atoms with Crippen LogP contribution in [0.3, 0.4) is 0 Å². The van der Waals surface area contributed by atoms with E-state index in [1.807, 2.05) is 0 Å². The molecule has 1 aromatic rings. The number of alkyl halides is 6. The van der Waals surface area contributed by atoms with Crippen LogP contribution >= 0.6 is 23.2 Å². The maximum Gasteiger partial charge on any atom is 0.476 e. The Bertz CT molecular complexity index is 821. The minimum absolute atomic E-state index is 0.436. The lowest BCUT2D eigenvalue weighted by Crippen LogP contribution is -2.83. The molecule has 0 amide bonds. The number of nitrogens with two attached hydrogens (primary N) is 2. The summed E-state index contributed by atoms with van der Waals surface area (Å²) < 4.78 is 87.4. The molecule has 0 aliphatic carbocycles. The first-order valence-corrected chi connectivity index (χ1v) is 7.99. The summed E-state index contributed by atoms with van der Waals surface area (Å²) >= 11 is 11.3. The zero-order valence-corrected chi connectivity index (χ0v) is 14.4. The molecule has 1 atom stereocenters. The van der Waals surface area contributed by atoms with Crippen molar-refractivity contribution < 1.29 is 35.9 Å². The van der Waals surface area contributed by atoms with Crippen LogP contribution in [0.1, 0.15) is 5.56 Å². The van der Waals surface area contributed by atoms with Crippen molar-refractivity contribution in [3.05, 3.63) is 38.3 Å². The van der Waals surface area contributed by atoms with Crippen molar-refractivity contribution in [3.63, 3.8) is 0 Å². The molecule has 1 rings (SSSR count). The van der Waals surface area contributed by atoms with Gasteiger partial charge in [-0.25, -0.2) is 9.62 Å². The number of hydrogen-bond acceptors (Lipinski definition) is 4. The zero-order valence-electron chi connectivity index (χ0n) is 12.1. The summed E-state index contributed by atoms with van der Waals surface area (Å²) in [6.45, 7) is 0. The summed E-state index contributed by atoms with van der Waals surface area (Å²) in [5.41, 5.74) is -3.06. The molecule has 0 radical (unpaired) electrons. The summed E-state index contributed by atoms with van der Waals surface area (Å²) in [6.07, 6.45) is -4.78. The fraction of sp³-hybridized carbons (Fsp3) is 0.167. The fourth-order valence-electron chi connectivity index (χ4n) is 1.61. The van der Waals surface area contributed by atoms with Gasteiger partial charge >= 0.3 is 11.7 Å². The van der Waals surface area contributed by atoms with Gasteiger partial charge in [-0.1, -0.05) is 23.2 Å². The third-order valence-electron chi connectivity index (χ3n) is 2.70. The van der Waals surface area contributed by atoms with Crippen LogP contribution in [0.25, 0.3) is 0 Å². The molecule has 142 valence electrons. The quantitative estimate of drug-likeness (QED) is 0.221. The molecule has 1 aromatic carbocycles. The van der Waals surface area contributed by atoms with Crippen LogP contribution in [0.5, 0.6) is 0 Å². The van der Waals surface area contributed by atoms with Gasteiger partial charge in [-0.3, -0.25) is 5.32 Å². The van der Waals surface area contributed by atoms with Gasteiger partial charge in [-0.15, -0.1) is 0 Å². The molecule has 0 saturated carbocycles. The van der Waals surface area contributed by atoms with Crippen LogP contribution in [-0.2, 0) is 17.0 Å². The molecular weight excluding hydrogens is 433 g/mol. The smallest absolute Gasteiger partial charge is 0.389 e. The van der Waals surface area contributed by atoms with Crippen molar-refractivity contribution in [3.8, 4) is 6.07 Å². The lowest BCUT2D eigenvalue weighted by molar-refractivity contribution is -0.443. The summed E-state index contributed by atoms with van der Waals surface area (Å²) in [6, 6.07) is 2.03. The van der Waals surface area contributed by atoms with E-state index >= 15 is 0 Å². The van der Waals surface area contributed by atoms with Gasteiger partial charge in [-0.2, -0.15) is 31.6 Å². The van der Waals surface area contributed by atoms with E-state index in [4.69, 9.17) is 39.6 Å². The molecule has 5 nitrogen and oxygen atoms in total. The van der Waals surface area contributed by atoms with E-state index in [9.17, 15) is 30.6 Å². The number of halogens is 8. The van der Waals surface area contributed by atoms with E-state index in [1.54, 1.807) is 0 Å². The number of benzene rings is 1. The number of hydrogen-bond donors (Lipinski definition) is 3. The minimum atomic E-state index is -5.33. The lowest BCUT2D eigenvalue weighted by atomic mass is 10.2. The van der Waals surface area contributed by atoms with E-state index in [1.165, 1.54) is 0 Å². The topological polar surface area (TPSA) is 107 Å². The monoisotopic (exact) mass is 439 g/mol. The number of allylic oxidation sites excluding steroid dienone is 1. The van der Waals surface area contributed by atoms with Gasteiger partial charge in [0.15, 0.2) is 21.4 Å². The van der Waals surface area contributed by atoms with Gasteiger partial charge in [0, 0.05) is 0 Å². The number of quaternary nitrogens is 1. The Morgan fingerprint density at radius 2 is 1.65 bits per heavy atom. The van der Waals surface area contributed by atoms with Gasteiger partial charge in [0.1, 0.15) is 21.8 Å². The summed E-state index contributed by atoms with van der Waals surface area (Å²) in [7, 11) is -3.83. The molecule has 0 bridgehead atoms. The number of rotatable bonds is 3. The Morgan fingerprint density at radius 1 is 1.19 bits per heavy atom. The Morgan fingerprint density at radius 3 is 2.00 bits per heavy atom. The highest BCUT2D eigenvalue weighted by molar-refractivity contribution is 7.90. The van der Waals surface area contributed by atoms with Crippen LogP contribution in [0, 0.1) is 16.7 Å². The maximum absolute atomic E-state index is 12.7. The predicted octanol–water partition coefficient (Wildman–Crippen LogP) is 3.15. The molecule has 1 unspecified atom stereocenters. The average molecular weight is 440 g/mol. The molecule has 14 heteroatoms. The molecule has 0 aromatic heterocycles. The molecular formula is C12H7Cl2F6N4OS+. The molecule has 26 heavy (non-hydrogen) atoms. The van der Waals surface area contributed by atoms with Crippen molar-refractivity contribution in [2.45, 2.75) is 11.7 Å². The number of nitrogens with one attached hydrogen (secondary N) is 1. The third kappa shape index (κ3) is 5.10. The highest BCUT2D eigenvalue weighted by Gasteiger charge is 2.44. The predicted molar refractivity (Wildman–Crippen MR) is 81.8 cm³/mol. The second-order valence-corrected chi connectivity index (χ2v) is 6.70. The molecule has 0 spiro atoms. The molecule has 0 saturated heterocycles. The van der Waals surface area contributed by atoms with Crippen molar-refractivity contribution in [1.29, 1.82) is 10.7 Å². The molecule has 5 N–H and O–H groups in total. The van der Waals surface area contributed by atoms with Crippen molar-refractivity contribution in [2.75, 3.05) is 0 Å². The molecule has 0 aliphatic rings. The standard InChI is InChI=1S/C12H6Cl2F6N4OS/c13-5-1-4(11(15,16)17)2-6(14)8(5)24-10(23)9(7(22)3-21)26(25)12(18,19)20/h1-2H,22H2,(H2,23,24)/p+1. The Labute approximate surface area is 154 Å². The Balaban J connectivity index is 3.36. The fourth-order valence-corrected chi connectivity index (χ4v) is 2.94. The van der Waals surface area contributed by atoms with Crippen LogP contribution in [-0.4, -0.2) is 15.6 Å². The highest BCUT2D eigenvalue weighted by atomic mass is 35.5. The second kappa shape index (κ2) is 7.83. The summed E-state index contributed by atoms with van der Waals surface area (Å²) in [5, 5.41) is 15.6. The lowest BCUT2D eigenvalue weighted by Gasteiger charge is -2.13. The zero-order chi connectivity index (χ0) is 20.4. The van der Waals surface area contributed by atoms with E-state index in [2.05, 4.69) is 0 Å². The first-order valence-electron chi connectivity index (χ1n) is 6.08. The SMILES string of the molecule is N#CC(N)=C(C(=N)[NH2+]c1c(Cl)cc(C(F)(F)F)cc1Cl)S(=O)C(F)(F)F. The Hall–Kier alpha value is -1.81. The first kappa shape index (κ1) is 22.2. The Kier molecular flexibility index (Phi) is 6.69. The number of nitriles is 1. The van der Waals surface area contributed by atoms with E-state index in [-0.39, 0.29) is 0 Å². The van der Waals surface area contributed by atoms with Crippen LogP contribution in [0.4, 0.5) is 32.0 Å². The average Bonchev–Trinajstić information content (AvgIpc) is 2.48. The van der Waals surface area contributed by atoms with Crippen LogP contribution < -0.4 is 11.1 Å². The van der Waals surface area contributed by atoms with Gasteiger partial charge in [0.05, 0.1) is 5.56 Å². The van der Waals surface area contributed by atoms with Crippen molar-refractivity contribution in [1.82, 2.24) is 0 Å². The first-order chi connectivity index (χ1) is 11.7. The minimum Gasteiger partial charge on any atom is -0.389 e. The normalized spacial score (nSPS) is 14.4. The second-order valence-electron chi connectivity index (χ2n) is 4.48. The number of amidine groups is 1. The largest absolute Gasteiger partial charge is 0.476 e. The van der Waals surface area contributed by atoms with E-state index < -0.39 is 60.2 Å². The molecule has 0 heterocycles. The van der Waals surface area contributed by atoms with Gasteiger partial charge < -0.3 is 5.73 Å². The molecule has 0 aliphatic heterocycles. The van der Waals surface area contributed by atoms with Crippen LogP contribution in [0.2, 0.25) is 10.0 Å². The van der Waals surface area contributed by atoms with Gasteiger partial charge in [0.25, 0.3) is 0 Å². The van der Waals surface area contributed by atoms with Gasteiger partial charge in [-0.05, 0) is 12.1 Å². The van der Waals surface area contributed by atoms with Crippen LogP contribution in [0.15, 0.2) is 22.7 Å². The van der Waals surface area contributed by atoms with E-state index in [0.29, 0.717) is 17.4 Å². The highest BCUT2D eigenvalue weighted by Crippen LogP contribution is 2.36. The van der Waals surface area contributed by atoms with E-state index in [0.717, 1.165) is 6.07 Å². The maximum atomic E-state index is 12.7. The number of nitrogens with zero attached hydrogens (tertiary/aromatic N) is 1. The van der Waals surface area contributed by atoms with Crippen molar-refractivity contribution in [2.24, 2.45) is 5.73 Å². The van der Waals surface area contributed by atoms with Crippen molar-refractivity contribution >= 4 is 45.5 Å². The molecule has 0 fully saturated rings.